The summed E-state index contributed by atoms with van der Waals surface area (Å²) in [6.07, 6.45) is -2.88. The largest absolute Gasteiger partial charge is 0.448 e. The molecule has 4 aliphatic rings. The molecule has 0 bridgehead atoms. The monoisotopic (exact) mass is 1240 g/mol. The number of carbonyl (C=O) groups is 3. The maximum Gasteiger partial charge on any atom is 0.417 e. The number of esters is 1. The van der Waals surface area contributed by atoms with E-state index >= 15 is 14.4 Å². The Morgan fingerprint density at radius 2 is 1.18 bits per heavy atom. The third-order valence-electron chi connectivity index (χ3n) is 14.4. The number of amides is 2. The number of aromatic nitrogens is 2. The molecule has 10 rings (SSSR count). The van der Waals surface area contributed by atoms with Crippen molar-refractivity contribution in [3.63, 3.8) is 0 Å². The van der Waals surface area contributed by atoms with E-state index in [1.807, 2.05) is 97.1 Å². The summed E-state index contributed by atoms with van der Waals surface area (Å²) in [6.45, 7) is 2.43. The van der Waals surface area contributed by atoms with Crippen LogP contribution in [0.3, 0.4) is 0 Å². The van der Waals surface area contributed by atoms with Crippen LogP contribution in [-0.2, 0) is 63.8 Å². The topological polar surface area (TPSA) is 266 Å². The standard InChI is InChI=1S/C57H61N6O16PS4/c1-57(2,3)52(65)76-33-61-50(64)46-49(59-53(61)58-32-60(4)5)63(55(67)75-31-43-40-22-14-10-18-36(40)37-19-11-15-23-41(37)43)51-45(62(46)54(66)74-30-42-38-20-12-8-16-34(38)35-17-9-13-21-39(35)42)48-47(81-56(68)82-48)44(79-51)24-27-80(69,77-25-28-83(6,70)71)78-26-29-84(7,72)73/h8-23,32,42-45,51H,24-31,33H2,1-7H3/b58-32+/t44-,45+,51-/m1/s1. The molecule has 2 aliphatic carbocycles. The minimum absolute atomic E-state index is 0.132. The van der Waals surface area contributed by atoms with Gasteiger partial charge in [-0.2, -0.15) is 4.98 Å². The normalized spacial score (nSPS) is 17.4. The Kier molecular flexibility index (Phi) is 17.1. The summed E-state index contributed by atoms with van der Waals surface area (Å²) in [5.74, 6) is -3.66. The number of carbonyl (C=O) groups excluding carboxylic acids is 3. The van der Waals surface area contributed by atoms with Gasteiger partial charge in [-0.25, -0.2) is 40.9 Å². The minimum atomic E-state index is -4.40. The molecule has 0 N–H and O–H groups in total. The predicted octanol–water partition coefficient (Wildman–Crippen LogP) is 8.86. The highest BCUT2D eigenvalue weighted by atomic mass is 32.2. The Morgan fingerprint density at radius 1 is 0.714 bits per heavy atom. The zero-order valence-electron chi connectivity index (χ0n) is 46.9. The van der Waals surface area contributed by atoms with Crippen LogP contribution in [0, 0.1) is 5.41 Å². The first-order chi connectivity index (χ1) is 39.8. The molecule has 444 valence electrons. The fourth-order valence-corrected chi connectivity index (χ4v) is 15.6. The molecule has 0 radical (unpaired) electrons. The summed E-state index contributed by atoms with van der Waals surface area (Å²) in [5.41, 5.74) is 4.61. The van der Waals surface area contributed by atoms with Crippen molar-refractivity contribution < 1.29 is 63.8 Å². The molecular weight excluding hydrogens is 1180 g/mol. The second-order valence-corrected chi connectivity index (χ2v) is 30.9. The lowest BCUT2D eigenvalue weighted by molar-refractivity contribution is -0.157. The Labute approximate surface area is 492 Å². The van der Waals surface area contributed by atoms with Crippen LogP contribution in [0.15, 0.2) is 112 Å². The van der Waals surface area contributed by atoms with E-state index < -0.39 is 140 Å². The summed E-state index contributed by atoms with van der Waals surface area (Å²) < 4.78 is 100. The van der Waals surface area contributed by atoms with Gasteiger partial charge >= 0.3 is 25.8 Å². The van der Waals surface area contributed by atoms with E-state index in [-0.39, 0.29) is 35.3 Å². The highest BCUT2D eigenvalue weighted by molar-refractivity contribution is 7.90. The molecule has 2 aliphatic heterocycles. The summed E-state index contributed by atoms with van der Waals surface area (Å²) in [4.78, 5) is 87.7. The van der Waals surface area contributed by atoms with Crippen molar-refractivity contribution in [2.24, 2.45) is 10.4 Å². The fraction of sp³-hybridized carbons (Fsp3) is 0.386. The number of hydrogen-bond donors (Lipinski definition) is 0. The van der Waals surface area contributed by atoms with E-state index in [1.165, 1.54) is 6.34 Å². The highest BCUT2D eigenvalue weighted by Crippen LogP contribution is 2.56. The van der Waals surface area contributed by atoms with Gasteiger partial charge in [0, 0.05) is 38.4 Å². The number of nitrogens with zero attached hydrogens (tertiary/aromatic N) is 6. The Morgan fingerprint density at radius 3 is 1.64 bits per heavy atom. The van der Waals surface area contributed by atoms with Crippen molar-refractivity contribution in [1.82, 2.24) is 14.5 Å². The molecule has 2 aromatic heterocycles. The number of aliphatic imine (C=N–C) groups is 1. The zero-order valence-corrected chi connectivity index (χ0v) is 51.0. The van der Waals surface area contributed by atoms with E-state index in [4.69, 9.17) is 33.0 Å². The third-order valence-corrected chi connectivity index (χ3v) is 20.5. The van der Waals surface area contributed by atoms with Gasteiger partial charge in [0.25, 0.3) is 9.62 Å². The lowest BCUT2D eigenvalue weighted by atomic mass is 9.98. The number of benzene rings is 4. The fourth-order valence-electron chi connectivity index (χ4n) is 10.5. The number of ether oxygens (including phenoxy) is 4. The Hall–Kier alpha value is -6.90. The smallest absolute Gasteiger partial charge is 0.417 e. The molecule has 0 spiro atoms. The van der Waals surface area contributed by atoms with Gasteiger partial charge in [0.05, 0.1) is 58.5 Å². The van der Waals surface area contributed by atoms with Crippen LogP contribution in [-0.4, -0.2) is 133 Å². The van der Waals surface area contributed by atoms with Crippen LogP contribution in [0.25, 0.3) is 22.3 Å². The summed E-state index contributed by atoms with van der Waals surface area (Å²) in [6, 6.07) is 29.1. The van der Waals surface area contributed by atoms with Gasteiger partial charge in [-0.3, -0.25) is 23.8 Å². The molecule has 84 heavy (non-hydrogen) atoms. The van der Waals surface area contributed by atoms with Gasteiger partial charge in [0.15, 0.2) is 24.5 Å². The molecule has 2 amide bonds. The first-order valence-electron chi connectivity index (χ1n) is 26.6. The van der Waals surface area contributed by atoms with Crippen LogP contribution in [0.5, 0.6) is 0 Å². The van der Waals surface area contributed by atoms with Crippen molar-refractivity contribution in [2.45, 2.75) is 64.1 Å². The first-order valence-corrected chi connectivity index (χ1v) is 34.1. The lowest BCUT2D eigenvalue weighted by Crippen LogP contribution is -2.60. The molecule has 0 fully saturated rings. The molecule has 27 heteroatoms. The number of sulfone groups is 2. The van der Waals surface area contributed by atoms with Crippen LogP contribution in [0.4, 0.5) is 27.0 Å². The molecule has 4 heterocycles. The van der Waals surface area contributed by atoms with Crippen molar-refractivity contribution in [1.29, 1.82) is 0 Å². The average molecular weight is 1250 g/mol. The first kappa shape index (κ1) is 60.2. The highest BCUT2D eigenvalue weighted by Gasteiger charge is 2.56. The Bertz CT molecular complexity index is 3870. The van der Waals surface area contributed by atoms with Crippen LogP contribution in [0.1, 0.15) is 83.2 Å². The number of rotatable bonds is 19. The number of fused-ring (bicyclic) bond motifs is 10. The summed E-state index contributed by atoms with van der Waals surface area (Å²) in [5, 5.41) is 0. The molecule has 6 aromatic rings. The van der Waals surface area contributed by atoms with Crippen molar-refractivity contribution in [3.8, 4) is 22.3 Å². The lowest BCUT2D eigenvalue weighted by Gasteiger charge is -2.48. The maximum atomic E-state index is 15.8. The molecule has 3 atom stereocenters. The van der Waals surface area contributed by atoms with E-state index in [2.05, 4.69) is 4.99 Å². The molecule has 0 unspecified atom stereocenters. The third kappa shape index (κ3) is 12.6. The van der Waals surface area contributed by atoms with Gasteiger partial charge in [-0.15, -0.1) is 0 Å². The van der Waals surface area contributed by atoms with E-state index in [0.717, 1.165) is 82.7 Å². The van der Waals surface area contributed by atoms with E-state index in [9.17, 15) is 31.0 Å². The second-order valence-electron chi connectivity index (χ2n) is 21.9. The van der Waals surface area contributed by atoms with Gasteiger partial charge in [0.2, 0.25) is 5.95 Å². The molecule has 22 nitrogen and oxygen atoms in total. The van der Waals surface area contributed by atoms with Crippen molar-refractivity contribution in [3.05, 3.63) is 148 Å². The average Bonchev–Trinajstić information content (AvgIpc) is 0.981. The number of anilines is 2. The van der Waals surface area contributed by atoms with Gasteiger partial charge in [0.1, 0.15) is 38.9 Å². The number of hydrogen-bond acceptors (Lipinski definition) is 20. The quantitative estimate of drug-likeness (QED) is 0.0241. The van der Waals surface area contributed by atoms with Crippen LogP contribution in [0.2, 0.25) is 0 Å². The van der Waals surface area contributed by atoms with Gasteiger partial charge < -0.3 is 32.9 Å². The SMILES string of the molecule is CN(C)/C=N/c1nc2c(c(=O)n1COC(=O)C(C)(C)C)N(C(=O)OCC1c3ccccc3-c3ccccc31)[C@H]1c3sc(=O)sc3[C@@H](CCP(=O)(OCCS(C)(=O)=O)OCCS(C)(=O)=O)O[C@H]1N2C(=O)OCC1c2ccccc2-c2ccccc21. The van der Waals surface area contributed by atoms with Crippen molar-refractivity contribution in [2.75, 3.05) is 80.5 Å². The minimum Gasteiger partial charge on any atom is -0.448 e. The summed E-state index contributed by atoms with van der Waals surface area (Å²) in [7, 11) is -8.37. The van der Waals surface area contributed by atoms with E-state index in [0.29, 0.717) is 11.3 Å². The summed E-state index contributed by atoms with van der Waals surface area (Å²) >= 11 is 1.43. The molecular formula is C57H61N6O16PS4. The molecule has 0 saturated carbocycles. The maximum absolute atomic E-state index is 15.8. The molecule has 0 saturated heterocycles. The van der Waals surface area contributed by atoms with Gasteiger partial charge in [-0.05, 0) is 71.7 Å². The second kappa shape index (κ2) is 23.9. The zero-order chi connectivity index (χ0) is 60.0. The van der Waals surface area contributed by atoms with Crippen LogP contribution >= 0.6 is 30.3 Å². The van der Waals surface area contributed by atoms with Gasteiger partial charge in [-0.1, -0.05) is 120 Å². The van der Waals surface area contributed by atoms with Crippen molar-refractivity contribution >= 4 is 91.9 Å². The molecule has 4 aromatic carbocycles. The van der Waals surface area contributed by atoms with Crippen LogP contribution < -0.4 is 19.4 Å². The van der Waals surface area contributed by atoms with E-state index in [1.54, 1.807) is 39.8 Å². The predicted molar refractivity (Wildman–Crippen MR) is 318 cm³/mol. The Balaban J connectivity index is 1.12.